The van der Waals surface area contributed by atoms with Gasteiger partial charge in [0.05, 0.1) is 19.3 Å². The first kappa shape index (κ1) is 33.1. The van der Waals surface area contributed by atoms with Gasteiger partial charge in [-0.2, -0.15) is 13.2 Å². The molecule has 1 fully saturated rings. The molecular weight excluding hydrogens is 632 g/mol. The molecule has 13 heteroatoms. The number of amides is 2. The quantitative estimate of drug-likeness (QED) is 0.206. The number of halogens is 4. The number of benzene rings is 2. The van der Waals surface area contributed by atoms with E-state index in [1.165, 1.54) is 37.6 Å². The number of alkyl halides is 3. The van der Waals surface area contributed by atoms with Crippen LogP contribution in [0.3, 0.4) is 0 Å². The minimum atomic E-state index is -5.35. The van der Waals surface area contributed by atoms with Crippen LogP contribution in [0.25, 0.3) is 22.2 Å². The number of hydrogen-bond acceptors (Lipinski definition) is 7. The third kappa shape index (κ3) is 5.80. The van der Waals surface area contributed by atoms with Crippen LogP contribution in [0, 0.1) is 5.82 Å². The molecule has 9 nitrogen and oxygen atoms in total. The maximum atomic E-state index is 15.0. The van der Waals surface area contributed by atoms with Gasteiger partial charge in [0, 0.05) is 33.8 Å². The standard InChI is InChI=1S/C35H34F4N4O5/c1-32(12-4-5-13-32)43-31(45)33(2)19-48-29-24(33)17-26(42-28(29)20-8-10-23(36)11-9-20)34(46,35(37,38)39)18-41-30(44)22-15-21-7-6-14-40-27(21)25(16-22)47-3/h6-11,14-17,46H,4-5,12-13,18-19H2,1-3H3,(H,41,44)(H,43,45)/t33-,34?/m0/s1. The van der Waals surface area contributed by atoms with Gasteiger partial charge in [-0.25, -0.2) is 9.37 Å². The van der Waals surface area contributed by atoms with E-state index in [9.17, 15) is 32.3 Å². The first-order chi connectivity index (χ1) is 22.7. The lowest BCUT2D eigenvalue weighted by Gasteiger charge is -2.33. The van der Waals surface area contributed by atoms with Gasteiger partial charge in [-0.1, -0.05) is 18.9 Å². The highest BCUT2D eigenvalue weighted by Gasteiger charge is 2.58. The summed E-state index contributed by atoms with van der Waals surface area (Å²) in [6.07, 6.45) is -0.460. The number of rotatable bonds is 8. The van der Waals surface area contributed by atoms with E-state index in [2.05, 4.69) is 20.6 Å². The predicted molar refractivity (Wildman–Crippen MR) is 168 cm³/mol. The largest absolute Gasteiger partial charge is 0.494 e. The minimum Gasteiger partial charge on any atom is -0.494 e. The summed E-state index contributed by atoms with van der Waals surface area (Å²) in [5, 5.41) is 17.3. The molecule has 2 aromatic carbocycles. The van der Waals surface area contributed by atoms with Crippen molar-refractivity contribution in [3.05, 3.63) is 83.4 Å². The Kier molecular flexibility index (Phi) is 8.30. The lowest BCUT2D eigenvalue weighted by molar-refractivity contribution is -0.265. The molecule has 6 rings (SSSR count). The SMILES string of the molecule is COc1cc(C(=O)NCC(O)(c2cc3c(c(-c4ccc(F)cc4)n2)OC[C@]3(C)C(=O)NC2(C)CCCC2)C(F)(F)F)cc2cccnc12. The van der Waals surface area contributed by atoms with Crippen molar-refractivity contribution < 1.29 is 41.7 Å². The van der Waals surface area contributed by atoms with Crippen LogP contribution < -0.4 is 20.1 Å². The van der Waals surface area contributed by atoms with E-state index in [1.54, 1.807) is 19.1 Å². The summed E-state index contributed by atoms with van der Waals surface area (Å²) in [7, 11) is 1.37. The Labute approximate surface area is 273 Å². The van der Waals surface area contributed by atoms with Gasteiger partial charge in [0.2, 0.25) is 11.5 Å². The number of nitrogens with one attached hydrogen (secondary N) is 2. The van der Waals surface area contributed by atoms with Gasteiger partial charge in [-0.3, -0.25) is 14.6 Å². The third-order valence-electron chi connectivity index (χ3n) is 9.36. The zero-order chi connectivity index (χ0) is 34.5. The van der Waals surface area contributed by atoms with Gasteiger partial charge < -0.3 is 25.2 Å². The fourth-order valence-corrected chi connectivity index (χ4v) is 6.37. The molecule has 0 spiro atoms. The molecule has 1 saturated carbocycles. The van der Waals surface area contributed by atoms with E-state index < -0.39 is 52.6 Å². The molecule has 2 amide bonds. The Bertz CT molecular complexity index is 1890. The molecule has 0 bridgehead atoms. The van der Waals surface area contributed by atoms with Crippen molar-refractivity contribution in [3.63, 3.8) is 0 Å². The van der Waals surface area contributed by atoms with Gasteiger partial charge >= 0.3 is 6.18 Å². The van der Waals surface area contributed by atoms with Gasteiger partial charge in [-0.15, -0.1) is 0 Å². The Morgan fingerprint density at radius 1 is 1.06 bits per heavy atom. The zero-order valence-corrected chi connectivity index (χ0v) is 26.5. The molecule has 2 aromatic heterocycles. The van der Waals surface area contributed by atoms with E-state index in [4.69, 9.17) is 9.47 Å². The van der Waals surface area contributed by atoms with E-state index in [-0.39, 0.29) is 40.5 Å². The number of carbonyl (C=O) groups is 2. The molecule has 2 aliphatic rings. The molecule has 4 aromatic rings. The van der Waals surface area contributed by atoms with Crippen molar-refractivity contribution in [2.75, 3.05) is 20.3 Å². The Balaban J connectivity index is 1.42. The minimum absolute atomic E-state index is 0.0242. The molecule has 1 aliphatic heterocycles. The van der Waals surface area contributed by atoms with Crippen LogP contribution in [0.2, 0.25) is 0 Å². The summed E-state index contributed by atoms with van der Waals surface area (Å²) in [6, 6.07) is 12.0. The van der Waals surface area contributed by atoms with Crippen molar-refractivity contribution >= 4 is 22.7 Å². The molecule has 0 saturated heterocycles. The van der Waals surface area contributed by atoms with Crippen LogP contribution in [-0.4, -0.2) is 58.9 Å². The van der Waals surface area contributed by atoms with E-state index in [0.717, 1.165) is 43.9 Å². The number of fused-ring (bicyclic) bond motifs is 2. The number of hydrogen-bond donors (Lipinski definition) is 3. The fraction of sp³-hybridized carbons (Fsp3) is 0.371. The average molecular weight is 667 g/mol. The van der Waals surface area contributed by atoms with Crippen LogP contribution in [0.1, 0.15) is 61.1 Å². The second-order valence-corrected chi connectivity index (χ2v) is 12.9. The number of methoxy groups -OCH3 is 1. The maximum Gasteiger partial charge on any atom is 0.424 e. The summed E-state index contributed by atoms with van der Waals surface area (Å²) < 4.78 is 70.0. The molecule has 48 heavy (non-hydrogen) atoms. The summed E-state index contributed by atoms with van der Waals surface area (Å²) in [4.78, 5) is 35.5. The van der Waals surface area contributed by atoms with Crippen LogP contribution >= 0.6 is 0 Å². The fourth-order valence-electron chi connectivity index (χ4n) is 6.37. The molecule has 2 atom stereocenters. The lowest BCUT2D eigenvalue weighted by atomic mass is 9.80. The molecule has 252 valence electrons. The van der Waals surface area contributed by atoms with Crippen LogP contribution in [0.5, 0.6) is 11.5 Å². The van der Waals surface area contributed by atoms with Gasteiger partial charge in [-0.05, 0) is 75.2 Å². The summed E-state index contributed by atoms with van der Waals surface area (Å²) in [5.74, 6) is -1.67. The number of ether oxygens (including phenoxy) is 2. The highest BCUT2D eigenvalue weighted by atomic mass is 19.4. The second kappa shape index (κ2) is 12.0. The maximum absolute atomic E-state index is 15.0. The number of nitrogens with zero attached hydrogens (tertiary/aromatic N) is 2. The summed E-state index contributed by atoms with van der Waals surface area (Å²) in [5.41, 5.74) is -5.95. The Hall–Kier alpha value is -4.78. The molecule has 1 aliphatic carbocycles. The van der Waals surface area contributed by atoms with Crippen LogP contribution in [0.15, 0.2) is 60.8 Å². The number of aliphatic hydroxyl groups is 1. The van der Waals surface area contributed by atoms with Crippen molar-refractivity contribution in [2.24, 2.45) is 0 Å². The molecule has 3 heterocycles. The van der Waals surface area contributed by atoms with Crippen molar-refractivity contribution in [2.45, 2.75) is 62.3 Å². The second-order valence-electron chi connectivity index (χ2n) is 12.9. The molecule has 0 radical (unpaired) electrons. The van der Waals surface area contributed by atoms with Crippen LogP contribution in [0.4, 0.5) is 17.6 Å². The summed E-state index contributed by atoms with van der Waals surface area (Å²) in [6.45, 7) is 1.95. The van der Waals surface area contributed by atoms with Gasteiger partial charge in [0.25, 0.3) is 5.91 Å². The molecule has 1 unspecified atom stereocenters. The molecule has 3 N–H and O–H groups in total. The van der Waals surface area contributed by atoms with Crippen LogP contribution in [-0.2, 0) is 15.8 Å². The summed E-state index contributed by atoms with van der Waals surface area (Å²) >= 11 is 0. The number of carbonyl (C=O) groups excluding carboxylic acids is 2. The monoisotopic (exact) mass is 666 g/mol. The van der Waals surface area contributed by atoms with Crippen molar-refractivity contribution in [1.29, 1.82) is 0 Å². The van der Waals surface area contributed by atoms with Gasteiger partial charge in [0.1, 0.15) is 40.5 Å². The predicted octanol–water partition coefficient (Wildman–Crippen LogP) is 5.72. The Morgan fingerprint density at radius 2 is 1.77 bits per heavy atom. The Morgan fingerprint density at radius 3 is 2.44 bits per heavy atom. The van der Waals surface area contributed by atoms with Crippen molar-refractivity contribution in [3.8, 4) is 22.8 Å². The van der Waals surface area contributed by atoms with E-state index in [1.807, 2.05) is 6.92 Å². The number of aromatic nitrogens is 2. The first-order valence-electron chi connectivity index (χ1n) is 15.4. The van der Waals surface area contributed by atoms with Crippen molar-refractivity contribution in [1.82, 2.24) is 20.6 Å². The van der Waals surface area contributed by atoms with E-state index in [0.29, 0.717) is 10.9 Å². The first-order valence-corrected chi connectivity index (χ1v) is 15.4. The highest BCUT2D eigenvalue weighted by molar-refractivity contribution is 6.00. The normalized spacial score (nSPS) is 19.7. The molecular formula is C35H34F4N4O5. The lowest BCUT2D eigenvalue weighted by Crippen LogP contribution is -2.53. The van der Waals surface area contributed by atoms with E-state index >= 15 is 0 Å². The zero-order valence-electron chi connectivity index (χ0n) is 26.5. The van der Waals surface area contributed by atoms with Gasteiger partial charge in [0.15, 0.2) is 0 Å². The third-order valence-corrected chi connectivity index (χ3v) is 9.36. The number of pyridine rings is 2. The topological polar surface area (TPSA) is 123 Å². The average Bonchev–Trinajstić information content (AvgIpc) is 3.65. The highest BCUT2D eigenvalue weighted by Crippen LogP contribution is 2.48. The smallest absolute Gasteiger partial charge is 0.424 e.